The molecule has 7 aromatic carbocycles. The van der Waals surface area contributed by atoms with Crippen LogP contribution in [0.3, 0.4) is 0 Å². The molecule has 4 bridgehead atoms. The number of hydrogen-bond donors (Lipinski definition) is 0. The molecule has 0 radical (unpaired) electrons. The van der Waals surface area contributed by atoms with E-state index in [1.807, 2.05) is 0 Å². The van der Waals surface area contributed by atoms with Crippen molar-refractivity contribution in [2.24, 2.45) is 23.7 Å². The van der Waals surface area contributed by atoms with Gasteiger partial charge in [-0.1, -0.05) is 127 Å². The molecule has 1 aromatic heterocycles. The number of nitrogens with zero attached hydrogens (tertiary/aromatic N) is 2. The summed E-state index contributed by atoms with van der Waals surface area (Å²) >= 11 is 0. The molecule has 0 N–H and O–H groups in total. The fraction of sp³-hybridized carbons (Fsp3) is 0.176. The third-order valence-electron chi connectivity index (χ3n) is 13.7. The van der Waals surface area contributed by atoms with Crippen LogP contribution in [0.15, 0.2) is 170 Å². The van der Waals surface area contributed by atoms with E-state index in [1.165, 1.54) is 92.5 Å². The highest BCUT2D eigenvalue weighted by Crippen LogP contribution is 2.75. The molecule has 0 amide bonds. The van der Waals surface area contributed by atoms with E-state index in [9.17, 15) is 0 Å². The average molecular weight is 681 g/mol. The molecule has 5 aliphatic carbocycles. The number of anilines is 3. The molecule has 4 fully saturated rings. The van der Waals surface area contributed by atoms with Gasteiger partial charge in [0.25, 0.3) is 0 Å². The molecular weight excluding hydrogens is 641 g/mol. The highest BCUT2D eigenvalue weighted by molar-refractivity contribution is 6.10. The number of fused-ring (bicyclic) bond motifs is 6. The van der Waals surface area contributed by atoms with Crippen molar-refractivity contribution >= 4 is 38.9 Å². The summed E-state index contributed by atoms with van der Waals surface area (Å²) in [5.74, 6) is 2.88. The fourth-order valence-corrected chi connectivity index (χ4v) is 12.2. The van der Waals surface area contributed by atoms with Crippen molar-refractivity contribution in [3.63, 3.8) is 0 Å². The van der Waals surface area contributed by atoms with Crippen LogP contribution in [0, 0.1) is 23.7 Å². The Hall–Kier alpha value is -5.86. The first-order valence-corrected chi connectivity index (χ1v) is 19.6. The smallest absolute Gasteiger partial charge is 0.0541 e. The molecule has 5 aliphatic rings. The van der Waals surface area contributed by atoms with E-state index in [4.69, 9.17) is 0 Å². The third kappa shape index (κ3) is 3.94. The summed E-state index contributed by atoms with van der Waals surface area (Å²) in [5, 5.41) is 2.65. The Bertz CT molecular complexity index is 2670. The molecule has 4 saturated carbocycles. The molecule has 0 aliphatic heterocycles. The molecule has 5 unspecified atom stereocenters. The Morgan fingerprint density at radius 3 is 1.83 bits per heavy atom. The summed E-state index contributed by atoms with van der Waals surface area (Å²) in [6.45, 7) is 0. The summed E-state index contributed by atoms with van der Waals surface area (Å²) in [5.41, 5.74) is 16.1. The molecule has 254 valence electrons. The molecule has 1 heterocycles. The van der Waals surface area contributed by atoms with E-state index in [2.05, 4.69) is 179 Å². The van der Waals surface area contributed by atoms with Crippen LogP contribution in [0.4, 0.5) is 17.1 Å². The van der Waals surface area contributed by atoms with Crippen LogP contribution in [-0.4, -0.2) is 4.57 Å². The van der Waals surface area contributed by atoms with Gasteiger partial charge in [-0.3, -0.25) is 0 Å². The van der Waals surface area contributed by atoms with Gasteiger partial charge in [-0.25, -0.2) is 0 Å². The zero-order valence-corrected chi connectivity index (χ0v) is 29.7. The van der Waals surface area contributed by atoms with Gasteiger partial charge in [0.05, 0.1) is 28.1 Å². The van der Waals surface area contributed by atoms with Gasteiger partial charge in [0, 0.05) is 27.4 Å². The van der Waals surface area contributed by atoms with Gasteiger partial charge in [0.15, 0.2) is 0 Å². The highest BCUT2D eigenvalue weighted by atomic mass is 15.2. The van der Waals surface area contributed by atoms with E-state index < -0.39 is 0 Å². The van der Waals surface area contributed by atoms with E-state index in [0.717, 1.165) is 11.8 Å². The van der Waals surface area contributed by atoms with E-state index in [0.29, 0.717) is 11.8 Å². The summed E-state index contributed by atoms with van der Waals surface area (Å²) in [6, 6.07) is 63.6. The molecular formula is C51H40N2. The van der Waals surface area contributed by atoms with Gasteiger partial charge in [-0.05, 0) is 120 Å². The Balaban J connectivity index is 1.19. The normalized spacial score (nSPS) is 23.2. The van der Waals surface area contributed by atoms with Gasteiger partial charge in [0.2, 0.25) is 0 Å². The van der Waals surface area contributed by atoms with Gasteiger partial charge < -0.3 is 9.47 Å². The van der Waals surface area contributed by atoms with Crippen LogP contribution in [0.1, 0.15) is 36.8 Å². The van der Waals surface area contributed by atoms with Gasteiger partial charge in [-0.2, -0.15) is 0 Å². The van der Waals surface area contributed by atoms with Crippen LogP contribution < -0.4 is 4.90 Å². The Labute approximate surface area is 311 Å². The van der Waals surface area contributed by atoms with Crippen molar-refractivity contribution in [2.45, 2.75) is 31.1 Å². The summed E-state index contributed by atoms with van der Waals surface area (Å²) < 4.78 is 2.62. The van der Waals surface area contributed by atoms with Crippen molar-refractivity contribution in [1.82, 2.24) is 4.57 Å². The van der Waals surface area contributed by atoms with Crippen LogP contribution in [0.2, 0.25) is 0 Å². The Morgan fingerprint density at radius 2 is 1.08 bits per heavy atom. The minimum Gasteiger partial charge on any atom is -0.310 e. The lowest BCUT2D eigenvalue weighted by molar-refractivity contribution is 0.191. The quantitative estimate of drug-likeness (QED) is 0.176. The van der Waals surface area contributed by atoms with Crippen LogP contribution in [0.5, 0.6) is 0 Å². The largest absolute Gasteiger partial charge is 0.310 e. The molecule has 2 nitrogen and oxygen atoms in total. The maximum atomic E-state index is 2.62. The monoisotopic (exact) mass is 680 g/mol. The average Bonchev–Trinajstić information content (AvgIpc) is 3.89. The predicted octanol–water partition coefficient (Wildman–Crippen LogP) is 13.3. The SMILES string of the molecule is c1ccc(-c2ccccc2N(c2ccccc2)c2cccc3c2C2(c4c-3cccc4-n3c4ccccc4c4ccccc43)C3CC4CC(C3)C2C4)cc1. The number of rotatable bonds is 5. The van der Waals surface area contributed by atoms with Crippen LogP contribution in [-0.2, 0) is 5.41 Å². The molecule has 13 rings (SSSR count). The maximum Gasteiger partial charge on any atom is 0.0541 e. The van der Waals surface area contributed by atoms with Crippen LogP contribution in [0.25, 0.3) is 49.7 Å². The number of benzene rings is 7. The Kier molecular flexibility index (Phi) is 6.20. The van der Waals surface area contributed by atoms with E-state index in [1.54, 1.807) is 11.1 Å². The van der Waals surface area contributed by atoms with Crippen molar-refractivity contribution < 1.29 is 0 Å². The third-order valence-corrected chi connectivity index (χ3v) is 13.7. The first kappa shape index (κ1) is 29.7. The first-order chi connectivity index (χ1) is 26.3. The molecule has 53 heavy (non-hydrogen) atoms. The minimum absolute atomic E-state index is 0.0727. The minimum atomic E-state index is -0.0727. The molecule has 1 spiro atoms. The van der Waals surface area contributed by atoms with Crippen molar-refractivity contribution in [3.8, 4) is 27.9 Å². The van der Waals surface area contributed by atoms with Gasteiger partial charge in [0.1, 0.15) is 0 Å². The summed E-state index contributed by atoms with van der Waals surface area (Å²) in [4.78, 5) is 2.60. The lowest BCUT2D eigenvalue weighted by Gasteiger charge is -2.46. The summed E-state index contributed by atoms with van der Waals surface area (Å²) in [7, 11) is 0. The molecule has 2 heteroatoms. The van der Waals surface area contributed by atoms with Gasteiger partial charge >= 0.3 is 0 Å². The van der Waals surface area contributed by atoms with Gasteiger partial charge in [-0.15, -0.1) is 0 Å². The van der Waals surface area contributed by atoms with Crippen molar-refractivity contribution in [1.29, 1.82) is 0 Å². The topological polar surface area (TPSA) is 8.17 Å². The lowest BCUT2D eigenvalue weighted by atomic mass is 9.58. The van der Waals surface area contributed by atoms with Crippen molar-refractivity contribution in [2.75, 3.05) is 4.90 Å². The lowest BCUT2D eigenvalue weighted by Crippen LogP contribution is -2.42. The number of hydrogen-bond acceptors (Lipinski definition) is 1. The second kappa shape index (κ2) is 11.1. The second-order valence-electron chi connectivity index (χ2n) is 16.1. The number of aromatic nitrogens is 1. The van der Waals surface area contributed by atoms with E-state index >= 15 is 0 Å². The maximum absolute atomic E-state index is 2.62. The van der Waals surface area contributed by atoms with Crippen molar-refractivity contribution in [3.05, 3.63) is 181 Å². The second-order valence-corrected chi connectivity index (χ2v) is 16.1. The predicted molar refractivity (Wildman–Crippen MR) is 220 cm³/mol. The molecule has 0 saturated heterocycles. The molecule has 8 aromatic rings. The van der Waals surface area contributed by atoms with Crippen LogP contribution >= 0.6 is 0 Å². The summed E-state index contributed by atoms with van der Waals surface area (Å²) in [6.07, 6.45) is 5.39. The number of para-hydroxylation sites is 4. The fourth-order valence-electron chi connectivity index (χ4n) is 12.2. The van der Waals surface area contributed by atoms with E-state index in [-0.39, 0.29) is 5.41 Å². The Morgan fingerprint density at radius 1 is 0.472 bits per heavy atom. The zero-order valence-electron chi connectivity index (χ0n) is 29.7. The zero-order chi connectivity index (χ0) is 34.7. The first-order valence-electron chi connectivity index (χ1n) is 19.6. The highest BCUT2D eigenvalue weighted by Gasteiger charge is 2.67. The molecule has 5 atom stereocenters. The standard InChI is InChI=1S/C51H40N2/c1-3-15-34(16-4-1)38-19-7-10-24-44(38)52(37-17-5-2-6-18-37)47-27-13-22-41-42-23-14-28-48(53-45-25-11-8-20-39(45)40-21-9-12-26-46(40)53)50(42)51(49(41)47)36-30-33-29-35(32-36)43(51)31-33/h1-28,33,35-36,43H,29-32H2.